The summed E-state index contributed by atoms with van der Waals surface area (Å²) in [6.45, 7) is 12.2. The van der Waals surface area contributed by atoms with Crippen LogP contribution in [0, 0.1) is 13.8 Å². The molecule has 0 fully saturated rings. The Hall–Kier alpha value is -0.470. The zero-order chi connectivity index (χ0) is 14.3. The summed E-state index contributed by atoms with van der Waals surface area (Å²) in [5.41, 5.74) is 2.77. The molecule has 0 spiro atoms. The van der Waals surface area contributed by atoms with Crippen molar-refractivity contribution in [3.63, 3.8) is 0 Å². The SMILES string of the molecule is CCCC(NCC)C(CC)Sc1ccc(C)cc1C. The average Bonchev–Trinajstić information content (AvgIpc) is 2.38. The Balaban J connectivity index is 2.78. The molecule has 0 amide bonds. The summed E-state index contributed by atoms with van der Waals surface area (Å²) in [6, 6.07) is 7.43. The van der Waals surface area contributed by atoms with Crippen LogP contribution in [0.4, 0.5) is 0 Å². The first kappa shape index (κ1) is 16.6. The highest BCUT2D eigenvalue weighted by molar-refractivity contribution is 8.00. The van der Waals surface area contributed by atoms with Crippen LogP contribution in [0.2, 0.25) is 0 Å². The van der Waals surface area contributed by atoms with Crippen LogP contribution in [0.3, 0.4) is 0 Å². The molecule has 0 aliphatic rings. The van der Waals surface area contributed by atoms with Crippen LogP contribution in [0.25, 0.3) is 0 Å². The summed E-state index contributed by atoms with van der Waals surface area (Å²) < 4.78 is 0. The average molecular weight is 279 g/mol. The van der Waals surface area contributed by atoms with E-state index in [1.165, 1.54) is 35.3 Å². The molecule has 2 atom stereocenters. The van der Waals surface area contributed by atoms with Crippen LogP contribution in [-0.2, 0) is 0 Å². The van der Waals surface area contributed by atoms with Gasteiger partial charge in [0.1, 0.15) is 0 Å². The highest BCUT2D eigenvalue weighted by Crippen LogP contribution is 2.31. The van der Waals surface area contributed by atoms with E-state index >= 15 is 0 Å². The molecule has 0 aromatic heterocycles. The maximum Gasteiger partial charge on any atom is 0.0245 e. The lowest BCUT2D eigenvalue weighted by atomic mass is 10.1. The summed E-state index contributed by atoms with van der Waals surface area (Å²) in [5.74, 6) is 0. The Morgan fingerprint density at radius 2 is 1.89 bits per heavy atom. The molecule has 0 heterocycles. The van der Waals surface area contributed by atoms with Gasteiger partial charge in [-0.2, -0.15) is 0 Å². The molecule has 1 nitrogen and oxygen atoms in total. The van der Waals surface area contributed by atoms with Gasteiger partial charge in [0, 0.05) is 16.2 Å². The van der Waals surface area contributed by atoms with E-state index in [2.05, 4.69) is 58.1 Å². The second kappa shape index (κ2) is 8.65. The van der Waals surface area contributed by atoms with Crippen molar-refractivity contribution in [1.82, 2.24) is 5.32 Å². The fourth-order valence-corrected chi connectivity index (χ4v) is 3.82. The maximum atomic E-state index is 3.66. The summed E-state index contributed by atoms with van der Waals surface area (Å²) in [6.07, 6.45) is 3.74. The normalized spacial score (nSPS) is 14.4. The maximum absolute atomic E-state index is 3.66. The molecule has 1 aromatic carbocycles. The minimum absolute atomic E-state index is 0.630. The summed E-state index contributed by atoms with van der Waals surface area (Å²) >= 11 is 2.05. The topological polar surface area (TPSA) is 12.0 Å². The molecule has 19 heavy (non-hydrogen) atoms. The van der Waals surface area contributed by atoms with Crippen LogP contribution >= 0.6 is 11.8 Å². The molecule has 1 rings (SSSR count). The number of benzene rings is 1. The zero-order valence-electron chi connectivity index (χ0n) is 13.1. The lowest BCUT2D eigenvalue weighted by Gasteiger charge is -2.27. The van der Waals surface area contributed by atoms with E-state index in [-0.39, 0.29) is 0 Å². The Morgan fingerprint density at radius 3 is 2.42 bits per heavy atom. The molecule has 1 N–H and O–H groups in total. The van der Waals surface area contributed by atoms with E-state index in [9.17, 15) is 0 Å². The predicted molar refractivity (Wildman–Crippen MR) is 88.2 cm³/mol. The molecule has 0 radical (unpaired) electrons. The smallest absolute Gasteiger partial charge is 0.0245 e. The number of rotatable bonds is 8. The number of hydrogen-bond donors (Lipinski definition) is 1. The molecule has 0 bridgehead atoms. The van der Waals surface area contributed by atoms with E-state index in [4.69, 9.17) is 0 Å². The predicted octanol–water partition coefficient (Wildman–Crippen LogP) is 4.95. The van der Waals surface area contributed by atoms with Gasteiger partial charge in [0.25, 0.3) is 0 Å². The zero-order valence-corrected chi connectivity index (χ0v) is 13.9. The van der Waals surface area contributed by atoms with Crippen LogP contribution in [-0.4, -0.2) is 17.8 Å². The van der Waals surface area contributed by atoms with Crippen molar-refractivity contribution in [1.29, 1.82) is 0 Å². The van der Waals surface area contributed by atoms with E-state index in [1.54, 1.807) is 0 Å². The molecule has 0 saturated heterocycles. The first-order valence-corrected chi connectivity index (χ1v) is 8.47. The molecular weight excluding hydrogens is 250 g/mol. The van der Waals surface area contributed by atoms with Crippen molar-refractivity contribution >= 4 is 11.8 Å². The monoisotopic (exact) mass is 279 g/mol. The van der Waals surface area contributed by atoms with E-state index in [0.717, 1.165) is 6.54 Å². The Labute approximate surface area is 123 Å². The fourth-order valence-electron chi connectivity index (χ4n) is 2.54. The molecule has 0 aliphatic heterocycles. The van der Waals surface area contributed by atoms with Gasteiger partial charge >= 0.3 is 0 Å². The van der Waals surface area contributed by atoms with Crippen molar-refractivity contribution < 1.29 is 0 Å². The number of hydrogen-bond acceptors (Lipinski definition) is 2. The van der Waals surface area contributed by atoms with Gasteiger partial charge in [-0.3, -0.25) is 0 Å². The van der Waals surface area contributed by atoms with Gasteiger partial charge in [0.2, 0.25) is 0 Å². The Morgan fingerprint density at radius 1 is 1.16 bits per heavy atom. The highest BCUT2D eigenvalue weighted by Gasteiger charge is 2.20. The third-order valence-corrected chi connectivity index (χ3v) is 5.20. The largest absolute Gasteiger partial charge is 0.313 e. The lowest BCUT2D eigenvalue weighted by molar-refractivity contribution is 0.465. The summed E-state index contributed by atoms with van der Waals surface area (Å²) in [7, 11) is 0. The standard InChI is InChI=1S/C17H29NS/c1-6-9-15(18-8-3)16(7-2)19-17-11-10-13(4)12-14(17)5/h10-12,15-16,18H,6-9H2,1-5H3. The summed E-state index contributed by atoms with van der Waals surface area (Å²) in [4.78, 5) is 1.44. The van der Waals surface area contributed by atoms with Gasteiger partial charge in [0.15, 0.2) is 0 Å². The Bertz CT molecular complexity index is 370. The van der Waals surface area contributed by atoms with Crippen molar-refractivity contribution in [3.05, 3.63) is 29.3 Å². The molecule has 0 saturated carbocycles. The van der Waals surface area contributed by atoms with E-state index in [0.29, 0.717) is 11.3 Å². The number of thioether (sulfide) groups is 1. The van der Waals surface area contributed by atoms with Crippen LogP contribution < -0.4 is 5.32 Å². The quantitative estimate of drug-likeness (QED) is 0.676. The van der Waals surface area contributed by atoms with Gasteiger partial charge in [-0.15, -0.1) is 11.8 Å². The molecule has 2 heteroatoms. The van der Waals surface area contributed by atoms with Gasteiger partial charge in [-0.05, 0) is 44.9 Å². The van der Waals surface area contributed by atoms with Crippen molar-refractivity contribution in [2.45, 2.75) is 70.1 Å². The second-order valence-electron chi connectivity index (χ2n) is 5.29. The van der Waals surface area contributed by atoms with Crippen LogP contribution in [0.1, 0.15) is 51.2 Å². The first-order valence-electron chi connectivity index (χ1n) is 7.59. The van der Waals surface area contributed by atoms with Crippen molar-refractivity contribution in [2.24, 2.45) is 0 Å². The van der Waals surface area contributed by atoms with Crippen LogP contribution in [0.5, 0.6) is 0 Å². The minimum Gasteiger partial charge on any atom is -0.313 e. The van der Waals surface area contributed by atoms with E-state index < -0.39 is 0 Å². The molecule has 2 unspecified atom stereocenters. The Kier molecular flexibility index (Phi) is 7.55. The van der Waals surface area contributed by atoms with E-state index in [1.807, 2.05) is 11.8 Å². The third-order valence-electron chi connectivity index (χ3n) is 3.53. The molecule has 108 valence electrons. The van der Waals surface area contributed by atoms with Gasteiger partial charge in [-0.25, -0.2) is 0 Å². The lowest BCUT2D eigenvalue weighted by Crippen LogP contribution is -2.37. The van der Waals surface area contributed by atoms with Crippen molar-refractivity contribution in [2.75, 3.05) is 6.54 Å². The summed E-state index contributed by atoms with van der Waals surface area (Å²) in [5, 5.41) is 4.33. The second-order valence-corrected chi connectivity index (χ2v) is 6.57. The van der Waals surface area contributed by atoms with Crippen LogP contribution in [0.15, 0.2) is 23.1 Å². The fraction of sp³-hybridized carbons (Fsp3) is 0.647. The molecule has 0 aliphatic carbocycles. The molecule has 1 aromatic rings. The van der Waals surface area contributed by atoms with Gasteiger partial charge in [-0.1, -0.05) is 44.9 Å². The van der Waals surface area contributed by atoms with Gasteiger partial charge in [0.05, 0.1) is 0 Å². The number of nitrogens with one attached hydrogen (secondary N) is 1. The highest BCUT2D eigenvalue weighted by atomic mass is 32.2. The van der Waals surface area contributed by atoms with Crippen molar-refractivity contribution in [3.8, 4) is 0 Å². The minimum atomic E-state index is 0.630. The number of aryl methyl sites for hydroxylation is 2. The molecular formula is C17H29NS. The third kappa shape index (κ3) is 5.19. The van der Waals surface area contributed by atoms with Gasteiger partial charge < -0.3 is 5.32 Å². The first-order chi connectivity index (χ1) is 9.12.